The number of carbonyl (C=O) groups excluding carboxylic acids is 1. The van der Waals surface area contributed by atoms with Gasteiger partial charge in [-0.3, -0.25) is 4.79 Å². The number of nitrogens with zero attached hydrogens (tertiary/aromatic N) is 3. The Balaban J connectivity index is 1.63. The van der Waals surface area contributed by atoms with E-state index < -0.39 is 0 Å². The van der Waals surface area contributed by atoms with Crippen LogP contribution in [-0.2, 0) is 18.3 Å². The zero-order valence-electron chi connectivity index (χ0n) is 13.5. The zero-order chi connectivity index (χ0) is 16.9. The van der Waals surface area contributed by atoms with Gasteiger partial charge >= 0.3 is 0 Å². The first kappa shape index (κ1) is 16.7. The van der Waals surface area contributed by atoms with Crippen molar-refractivity contribution in [2.45, 2.75) is 23.8 Å². The van der Waals surface area contributed by atoms with Crippen molar-refractivity contribution in [3.05, 3.63) is 58.5 Å². The number of carbonyl (C=O) groups is 1. The van der Waals surface area contributed by atoms with Crippen molar-refractivity contribution in [3.63, 3.8) is 0 Å². The molecule has 2 heterocycles. The average Bonchev–Trinajstić information content (AvgIpc) is 3.21. The van der Waals surface area contributed by atoms with Gasteiger partial charge in [0.05, 0.1) is 5.25 Å². The normalized spacial score (nSPS) is 12.1. The summed E-state index contributed by atoms with van der Waals surface area (Å²) in [6.45, 7) is 1.87. The molecule has 0 bridgehead atoms. The second-order valence-electron chi connectivity index (χ2n) is 5.33. The van der Waals surface area contributed by atoms with Crippen molar-refractivity contribution < 1.29 is 4.79 Å². The van der Waals surface area contributed by atoms with Crippen molar-refractivity contribution in [1.29, 1.82) is 0 Å². The Morgan fingerprint density at radius 1 is 1.25 bits per heavy atom. The molecule has 3 rings (SSSR count). The van der Waals surface area contributed by atoms with E-state index in [1.807, 2.05) is 54.9 Å². The molecule has 0 aliphatic carbocycles. The number of rotatable bonds is 6. The van der Waals surface area contributed by atoms with Crippen molar-refractivity contribution >= 4 is 34.7 Å². The van der Waals surface area contributed by atoms with Gasteiger partial charge < -0.3 is 9.88 Å². The smallest absolute Gasteiger partial charge is 0.237 e. The third-order valence-electron chi connectivity index (χ3n) is 3.53. The highest BCUT2D eigenvalue weighted by Crippen LogP contribution is 2.24. The van der Waals surface area contributed by atoms with E-state index in [4.69, 9.17) is 0 Å². The fourth-order valence-corrected chi connectivity index (χ4v) is 3.68. The van der Waals surface area contributed by atoms with Crippen LogP contribution >= 0.6 is 23.1 Å². The monoisotopic (exact) mass is 358 g/mol. The lowest BCUT2D eigenvalue weighted by Gasteiger charge is -2.11. The minimum atomic E-state index is -0.261. The van der Waals surface area contributed by atoms with Crippen LogP contribution in [0.3, 0.4) is 0 Å². The molecule has 1 amide bonds. The molecule has 0 saturated heterocycles. The van der Waals surface area contributed by atoms with E-state index in [-0.39, 0.29) is 11.2 Å². The SMILES string of the molecule is C[C@@H](Sc1nnc(Cc2cccs2)n1C)C(=O)Nc1ccccc1. The number of hydrogen-bond acceptors (Lipinski definition) is 5. The number of amides is 1. The van der Waals surface area contributed by atoms with Crippen molar-refractivity contribution in [2.24, 2.45) is 7.05 Å². The first-order valence-electron chi connectivity index (χ1n) is 7.56. The van der Waals surface area contributed by atoms with Crippen LogP contribution in [-0.4, -0.2) is 25.9 Å². The molecule has 24 heavy (non-hydrogen) atoms. The standard InChI is InChI=1S/C17H18N4OS2/c1-12(16(22)18-13-7-4-3-5-8-13)24-17-20-19-15(21(17)2)11-14-9-6-10-23-14/h3-10,12H,11H2,1-2H3,(H,18,22)/t12-/m1/s1. The number of hydrogen-bond donors (Lipinski definition) is 1. The van der Waals surface area contributed by atoms with Crippen LogP contribution in [0.2, 0.25) is 0 Å². The maximum Gasteiger partial charge on any atom is 0.237 e. The van der Waals surface area contributed by atoms with Gasteiger partial charge in [0.15, 0.2) is 5.16 Å². The molecule has 0 spiro atoms. The highest BCUT2D eigenvalue weighted by Gasteiger charge is 2.19. The summed E-state index contributed by atoms with van der Waals surface area (Å²) in [4.78, 5) is 13.6. The number of para-hydroxylation sites is 1. The number of benzene rings is 1. The van der Waals surface area contributed by atoms with Crippen LogP contribution < -0.4 is 5.32 Å². The molecule has 1 N–H and O–H groups in total. The molecule has 1 aromatic carbocycles. The topological polar surface area (TPSA) is 59.8 Å². The van der Waals surface area contributed by atoms with Crippen molar-refractivity contribution in [3.8, 4) is 0 Å². The Kier molecular flexibility index (Phi) is 5.32. The number of nitrogens with one attached hydrogen (secondary N) is 1. The van der Waals surface area contributed by atoms with Gasteiger partial charge in [0.2, 0.25) is 5.91 Å². The number of thioether (sulfide) groups is 1. The third kappa shape index (κ3) is 4.04. The molecule has 0 radical (unpaired) electrons. The van der Waals surface area contributed by atoms with Gasteiger partial charge in [-0.25, -0.2) is 0 Å². The Morgan fingerprint density at radius 3 is 2.75 bits per heavy atom. The maximum atomic E-state index is 12.3. The molecule has 7 heteroatoms. The molecule has 1 atom stereocenters. The lowest BCUT2D eigenvalue weighted by molar-refractivity contribution is -0.115. The van der Waals surface area contributed by atoms with Gasteiger partial charge in [-0.15, -0.1) is 21.5 Å². The molecule has 0 aliphatic rings. The van der Waals surface area contributed by atoms with Crippen molar-refractivity contribution in [1.82, 2.24) is 14.8 Å². The highest BCUT2D eigenvalue weighted by atomic mass is 32.2. The molecular weight excluding hydrogens is 340 g/mol. The van der Waals surface area contributed by atoms with E-state index in [2.05, 4.69) is 27.0 Å². The van der Waals surface area contributed by atoms with Gasteiger partial charge in [-0.05, 0) is 30.5 Å². The second-order valence-corrected chi connectivity index (χ2v) is 7.67. The zero-order valence-corrected chi connectivity index (χ0v) is 15.1. The summed E-state index contributed by atoms with van der Waals surface area (Å²) >= 11 is 3.12. The lowest BCUT2D eigenvalue weighted by Crippen LogP contribution is -2.22. The van der Waals surface area contributed by atoms with Crippen LogP contribution in [0.25, 0.3) is 0 Å². The summed E-state index contributed by atoms with van der Waals surface area (Å²) < 4.78 is 1.96. The summed E-state index contributed by atoms with van der Waals surface area (Å²) in [7, 11) is 1.94. The average molecular weight is 358 g/mol. The van der Waals surface area contributed by atoms with Crippen molar-refractivity contribution in [2.75, 3.05) is 5.32 Å². The largest absolute Gasteiger partial charge is 0.325 e. The highest BCUT2D eigenvalue weighted by molar-refractivity contribution is 8.00. The predicted octanol–water partition coefficient (Wildman–Crippen LogP) is 3.59. The van der Waals surface area contributed by atoms with Crippen LogP contribution in [0, 0.1) is 0 Å². The molecule has 3 aromatic rings. The fourth-order valence-electron chi connectivity index (χ4n) is 2.15. The van der Waals surface area contributed by atoms with Gasteiger partial charge in [-0.1, -0.05) is 36.0 Å². The number of thiophene rings is 1. The summed E-state index contributed by atoms with van der Waals surface area (Å²) in [5.74, 6) is 0.852. The summed E-state index contributed by atoms with van der Waals surface area (Å²) in [5.41, 5.74) is 0.797. The Morgan fingerprint density at radius 2 is 2.04 bits per heavy atom. The maximum absolute atomic E-state index is 12.3. The van der Waals surface area contributed by atoms with Crippen LogP contribution in [0.4, 0.5) is 5.69 Å². The lowest BCUT2D eigenvalue weighted by atomic mass is 10.3. The summed E-state index contributed by atoms with van der Waals surface area (Å²) in [6, 6.07) is 13.6. The molecular formula is C17H18N4OS2. The Bertz CT molecular complexity index is 799. The number of aromatic nitrogens is 3. The minimum absolute atomic E-state index is 0.0472. The molecule has 5 nitrogen and oxygen atoms in total. The molecule has 0 saturated carbocycles. The quantitative estimate of drug-likeness (QED) is 0.684. The van der Waals surface area contributed by atoms with E-state index in [1.165, 1.54) is 16.6 Å². The van der Waals surface area contributed by atoms with E-state index in [1.54, 1.807) is 11.3 Å². The predicted molar refractivity (Wildman–Crippen MR) is 98.5 cm³/mol. The van der Waals surface area contributed by atoms with Gasteiger partial charge in [0.1, 0.15) is 5.82 Å². The van der Waals surface area contributed by atoms with E-state index in [0.29, 0.717) is 0 Å². The van der Waals surface area contributed by atoms with Gasteiger partial charge in [-0.2, -0.15) is 0 Å². The van der Waals surface area contributed by atoms with Crippen LogP contribution in [0.15, 0.2) is 53.0 Å². The van der Waals surface area contributed by atoms with Gasteiger partial charge in [0, 0.05) is 24.0 Å². The fraction of sp³-hybridized carbons (Fsp3) is 0.235. The first-order valence-corrected chi connectivity index (χ1v) is 9.32. The summed E-state index contributed by atoms with van der Waals surface area (Å²) in [6.07, 6.45) is 0.756. The second kappa shape index (κ2) is 7.63. The third-order valence-corrected chi connectivity index (χ3v) is 5.54. The Labute approximate surface area is 149 Å². The molecule has 0 unspecified atom stereocenters. The van der Waals surface area contributed by atoms with Crippen LogP contribution in [0.5, 0.6) is 0 Å². The first-order chi connectivity index (χ1) is 11.6. The molecule has 124 valence electrons. The molecule has 2 aromatic heterocycles. The van der Waals surface area contributed by atoms with E-state index >= 15 is 0 Å². The molecule has 0 aliphatic heterocycles. The minimum Gasteiger partial charge on any atom is -0.325 e. The summed E-state index contributed by atoms with van der Waals surface area (Å²) in [5, 5.41) is 13.9. The van der Waals surface area contributed by atoms with Crippen LogP contribution in [0.1, 0.15) is 17.6 Å². The van der Waals surface area contributed by atoms with Gasteiger partial charge in [0.25, 0.3) is 0 Å². The van der Waals surface area contributed by atoms with E-state index in [9.17, 15) is 4.79 Å². The Hall–Kier alpha value is -2.12. The van der Waals surface area contributed by atoms with E-state index in [0.717, 1.165) is 23.1 Å². The molecule has 0 fully saturated rings. The number of anilines is 1.